The van der Waals surface area contributed by atoms with Gasteiger partial charge >= 0.3 is 6.09 Å². The lowest BCUT2D eigenvalue weighted by atomic mass is 9.95. The van der Waals surface area contributed by atoms with E-state index in [2.05, 4.69) is 4.98 Å². The number of ether oxygens (including phenoxy) is 1. The second-order valence-corrected chi connectivity index (χ2v) is 9.32. The normalized spacial score (nSPS) is 15.2. The molecule has 0 saturated heterocycles. The molecule has 0 aliphatic heterocycles. The minimum Gasteiger partial charge on any atom is -0.490 e. The first kappa shape index (κ1) is 20.7. The highest BCUT2D eigenvalue weighted by atomic mass is 35.5. The molecule has 1 aromatic carbocycles. The van der Waals surface area contributed by atoms with Crippen molar-refractivity contribution in [1.29, 1.82) is 0 Å². The van der Waals surface area contributed by atoms with Crippen LogP contribution in [0.25, 0.3) is 11.1 Å². The predicted octanol–water partition coefficient (Wildman–Crippen LogP) is 5.99. The van der Waals surface area contributed by atoms with Gasteiger partial charge in [0, 0.05) is 33.9 Å². The van der Waals surface area contributed by atoms with Gasteiger partial charge in [-0.25, -0.2) is 4.79 Å². The number of aromatic nitrogens is 1. The third-order valence-corrected chi connectivity index (χ3v) is 5.29. The highest BCUT2D eigenvalue weighted by Gasteiger charge is 2.52. The van der Waals surface area contributed by atoms with Gasteiger partial charge in [0.2, 0.25) is 0 Å². The summed E-state index contributed by atoms with van der Waals surface area (Å²) >= 11 is 12.4. The highest BCUT2D eigenvalue weighted by Crippen LogP contribution is 2.43. The van der Waals surface area contributed by atoms with Crippen LogP contribution >= 0.6 is 23.2 Å². The molecule has 1 aliphatic rings. The minimum absolute atomic E-state index is 0.126. The van der Waals surface area contributed by atoms with Crippen LogP contribution in [0.15, 0.2) is 36.7 Å². The molecule has 0 bridgehead atoms. The number of rotatable bonds is 6. The second-order valence-electron chi connectivity index (χ2n) is 8.48. The average Bonchev–Trinajstić information content (AvgIpc) is 3.40. The number of carbonyl (C=O) groups is 1. The van der Waals surface area contributed by atoms with Crippen molar-refractivity contribution < 1.29 is 14.6 Å². The summed E-state index contributed by atoms with van der Waals surface area (Å²) in [6, 6.07) is 7.09. The maximum Gasteiger partial charge on any atom is 0.407 e. The third kappa shape index (κ3) is 4.89. The molecule has 1 amide bonds. The number of amides is 1. The van der Waals surface area contributed by atoms with Crippen molar-refractivity contribution in [2.75, 3.05) is 13.2 Å². The quantitative estimate of drug-likeness (QED) is 0.620. The van der Waals surface area contributed by atoms with Gasteiger partial charge in [-0.15, -0.1) is 0 Å². The van der Waals surface area contributed by atoms with Crippen molar-refractivity contribution >= 4 is 29.3 Å². The monoisotopic (exact) mass is 422 g/mol. The number of pyridine rings is 1. The standard InChI is InChI=1S/C21H24Cl2N2O3/c1-20(2,3)12-25(19(26)27)21(6-7-21)13-28-16-8-14(10-24-11-16)17-9-15(22)4-5-18(17)23/h4-5,8-11H,6-7,12-13H2,1-3H3,(H,26,27). The average molecular weight is 423 g/mol. The van der Waals surface area contributed by atoms with Crippen molar-refractivity contribution in [2.45, 2.75) is 39.2 Å². The molecule has 0 unspecified atom stereocenters. The summed E-state index contributed by atoms with van der Waals surface area (Å²) in [7, 11) is 0. The summed E-state index contributed by atoms with van der Waals surface area (Å²) in [6.45, 7) is 6.85. The zero-order valence-electron chi connectivity index (χ0n) is 16.2. The topological polar surface area (TPSA) is 62.7 Å². The number of hydrogen-bond donors (Lipinski definition) is 1. The molecular formula is C21H24Cl2N2O3. The van der Waals surface area contributed by atoms with Crippen LogP contribution in [0.4, 0.5) is 4.79 Å². The van der Waals surface area contributed by atoms with Gasteiger partial charge in [0.25, 0.3) is 0 Å². The summed E-state index contributed by atoms with van der Waals surface area (Å²) < 4.78 is 5.97. The van der Waals surface area contributed by atoms with Crippen molar-refractivity contribution in [3.8, 4) is 16.9 Å². The minimum atomic E-state index is -0.909. The summed E-state index contributed by atoms with van der Waals surface area (Å²) in [5, 5.41) is 10.8. The van der Waals surface area contributed by atoms with Crippen LogP contribution in [0, 0.1) is 5.41 Å². The van der Waals surface area contributed by atoms with E-state index < -0.39 is 11.6 Å². The Labute approximate surface area is 175 Å². The van der Waals surface area contributed by atoms with E-state index in [0.717, 1.165) is 24.0 Å². The van der Waals surface area contributed by atoms with E-state index in [0.29, 0.717) is 28.9 Å². The Morgan fingerprint density at radius 3 is 2.57 bits per heavy atom. The molecule has 1 N–H and O–H groups in total. The number of nitrogens with zero attached hydrogens (tertiary/aromatic N) is 2. The van der Waals surface area contributed by atoms with Crippen molar-refractivity contribution in [2.24, 2.45) is 5.41 Å². The van der Waals surface area contributed by atoms with Gasteiger partial charge in [0.1, 0.15) is 12.4 Å². The van der Waals surface area contributed by atoms with Crippen molar-refractivity contribution in [3.05, 3.63) is 46.7 Å². The van der Waals surface area contributed by atoms with E-state index in [-0.39, 0.29) is 5.41 Å². The van der Waals surface area contributed by atoms with Gasteiger partial charge in [-0.3, -0.25) is 9.88 Å². The van der Waals surface area contributed by atoms with Gasteiger partial charge < -0.3 is 9.84 Å². The Balaban J connectivity index is 1.76. The first-order chi connectivity index (χ1) is 13.1. The van der Waals surface area contributed by atoms with E-state index >= 15 is 0 Å². The molecule has 1 heterocycles. The molecule has 0 radical (unpaired) electrons. The van der Waals surface area contributed by atoms with Gasteiger partial charge in [-0.1, -0.05) is 44.0 Å². The second kappa shape index (κ2) is 7.80. The van der Waals surface area contributed by atoms with Crippen LogP contribution in [0.5, 0.6) is 5.75 Å². The largest absolute Gasteiger partial charge is 0.490 e. The molecule has 2 aromatic rings. The Morgan fingerprint density at radius 1 is 1.25 bits per heavy atom. The summed E-state index contributed by atoms with van der Waals surface area (Å²) in [6.07, 6.45) is 3.99. The van der Waals surface area contributed by atoms with Crippen LogP contribution in [0.3, 0.4) is 0 Å². The van der Waals surface area contributed by atoms with Gasteiger partial charge in [-0.05, 0) is 42.5 Å². The predicted molar refractivity (Wildman–Crippen MR) is 111 cm³/mol. The summed E-state index contributed by atoms with van der Waals surface area (Å²) in [4.78, 5) is 17.6. The smallest absolute Gasteiger partial charge is 0.407 e. The lowest BCUT2D eigenvalue weighted by Crippen LogP contribution is -2.48. The SMILES string of the molecule is CC(C)(C)CN(C(=O)O)C1(COc2cncc(-c3cc(Cl)ccc3Cl)c2)CC1. The Kier molecular flexibility index (Phi) is 5.78. The molecule has 5 nitrogen and oxygen atoms in total. The third-order valence-electron chi connectivity index (χ3n) is 4.72. The van der Waals surface area contributed by atoms with Gasteiger partial charge in [0.15, 0.2) is 0 Å². The van der Waals surface area contributed by atoms with Gasteiger partial charge in [0.05, 0.1) is 11.7 Å². The first-order valence-corrected chi connectivity index (χ1v) is 9.89. The number of hydrogen-bond acceptors (Lipinski definition) is 3. The summed E-state index contributed by atoms with van der Waals surface area (Å²) in [5.74, 6) is 0.570. The lowest BCUT2D eigenvalue weighted by molar-refractivity contribution is 0.0719. The molecule has 1 fully saturated rings. The zero-order valence-corrected chi connectivity index (χ0v) is 17.7. The van der Waals surface area contributed by atoms with Crippen molar-refractivity contribution in [3.63, 3.8) is 0 Å². The summed E-state index contributed by atoms with van der Waals surface area (Å²) in [5.41, 5.74) is 0.967. The fourth-order valence-corrected chi connectivity index (χ4v) is 3.53. The Morgan fingerprint density at radius 2 is 1.96 bits per heavy atom. The number of carboxylic acid groups (broad SMARTS) is 1. The number of benzene rings is 1. The van der Waals surface area contributed by atoms with Crippen LogP contribution in [0.1, 0.15) is 33.6 Å². The van der Waals surface area contributed by atoms with Crippen molar-refractivity contribution in [1.82, 2.24) is 9.88 Å². The maximum atomic E-state index is 11.8. The van der Waals surface area contributed by atoms with E-state index in [1.54, 1.807) is 30.6 Å². The maximum absolute atomic E-state index is 11.8. The first-order valence-electron chi connectivity index (χ1n) is 9.14. The van der Waals surface area contributed by atoms with Crippen LogP contribution in [-0.2, 0) is 0 Å². The van der Waals surface area contributed by atoms with E-state index in [1.165, 1.54) is 4.90 Å². The Hall–Kier alpha value is -1.98. The van der Waals surface area contributed by atoms with Crippen LogP contribution in [-0.4, -0.2) is 39.8 Å². The number of halogens is 2. The van der Waals surface area contributed by atoms with Crippen LogP contribution < -0.4 is 4.74 Å². The van der Waals surface area contributed by atoms with E-state index in [9.17, 15) is 9.90 Å². The molecule has 3 rings (SSSR count). The fourth-order valence-electron chi connectivity index (χ4n) is 3.13. The molecule has 0 atom stereocenters. The molecule has 28 heavy (non-hydrogen) atoms. The van der Waals surface area contributed by atoms with E-state index in [1.807, 2.05) is 26.8 Å². The zero-order chi connectivity index (χ0) is 20.5. The molecule has 1 aliphatic carbocycles. The molecule has 1 aromatic heterocycles. The van der Waals surface area contributed by atoms with E-state index in [4.69, 9.17) is 27.9 Å². The molecule has 7 heteroatoms. The molecule has 150 valence electrons. The molecule has 1 saturated carbocycles. The fraction of sp³-hybridized carbons (Fsp3) is 0.429. The highest BCUT2D eigenvalue weighted by molar-refractivity contribution is 6.35. The van der Waals surface area contributed by atoms with Gasteiger partial charge in [-0.2, -0.15) is 0 Å². The Bertz CT molecular complexity index is 876. The molecule has 0 spiro atoms. The van der Waals surface area contributed by atoms with Crippen LogP contribution in [0.2, 0.25) is 10.0 Å². The molecular weight excluding hydrogens is 399 g/mol. The lowest BCUT2D eigenvalue weighted by Gasteiger charge is -2.34.